The average Bonchev–Trinajstić information content (AvgIpc) is 2.68. The zero-order valence-electron chi connectivity index (χ0n) is 15.3. The summed E-state index contributed by atoms with van der Waals surface area (Å²) in [4.78, 5) is 24.3. The number of fused-ring (bicyclic) bond motifs is 1. The molecule has 1 atom stereocenters. The summed E-state index contributed by atoms with van der Waals surface area (Å²) in [7, 11) is 0. The number of nitrogens with one attached hydrogen (secondary N) is 1. The number of hydrogen-bond acceptors (Lipinski definition) is 3. The maximum atomic E-state index is 12.2. The summed E-state index contributed by atoms with van der Waals surface area (Å²) >= 11 is 0. The number of amides is 1. The van der Waals surface area contributed by atoms with E-state index >= 15 is 0 Å². The summed E-state index contributed by atoms with van der Waals surface area (Å²) in [6, 6.07) is 21.3. The molecule has 0 aliphatic rings. The van der Waals surface area contributed by atoms with Gasteiger partial charge in [0.2, 0.25) is 0 Å². The summed E-state index contributed by atoms with van der Waals surface area (Å²) in [5.74, 6) is -0.924. The number of esters is 1. The Balaban J connectivity index is 1.63. The van der Waals surface area contributed by atoms with Gasteiger partial charge in [0.15, 0.2) is 6.10 Å². The molecule has 0 aliphatic carbocycles. The average molecular weight is 359 g/mol. The van der Waals surface area contributed by atoms with E-state index in [4.69, 9.17) is 4.74 Å². The number of para-hydroxylation sites is 1. The van der Waals surface area contributed by atoms with Crippen LogP contribution in [0.2, 0.25) is 0 Å². The Kier molecular flexibility index (Phi) is 5.67. The number of aryl methyl sites for hydroxylation is 1. The first-order valence-corrected chi connectivity index (χ1v) is 8.77. The number of carbonyl (C=O) groups is 2. The second-order valence-electron chi connectivity index (χ2n) is 6.28. The predicted octanol–water partition coefficient (Wildman–Crippen LogP) is 4.73. The van der Waals surface area contributed by atoms with Gasteiger partial charge in [-0.1, -0.05) is 60.7 Å². The van der Waals surface area contributed by atoms with Crippen molar-refractivity contribution in [2.75, 3.05) is 5.32 Å². The zero-order valence-corrected chi connectivity index (χ0v) is 15.3. The highest BCUT2D eigenvalue weighted by atomic mass is 16.5. The maximum Gasteiger partial charge on any atom is 0.331 e. The van der Waals surface area contributed by atoms with Crippen molar-refractivity contribution in [3.8, 4) is 0 Å². The normalized spacial score (nSPS) is 12.1. The molecule has 0 saturated heterocycles. The zero-order chi connectivity index (χ0) is 19.2. The molecule has 136 valence electrons. The van der Waals surface area contributed by atoms with E-state index in [0.29, 0.717) is 5.69 Å². The van der Waals surface area contributed by atoms with Gasteiger partial charge in [0, 0.05) is 11.8 Å². The van der Waals surface area contributed by atoms with Crippen LogP contribution in [0.15, 0.2) is 72.8 Å². The van der Waals surface area contributed by atoms with E-state index in [9.17, 15) is 9.59 Å². The van der Waals surface area contributed by atoms with Crippen molar-refractivity contribution in [2.24, 2.45) is 0 Å². The lowest BCUT2D eigenvalue weighted by Gasteiger charge is -2.13. The lowest BCUT2D eigenvalue weighted by molar-refractivity contribution is -0.148. The van der Waals surface area contributed by atoms with Crippen LogP contribution in [0.4, 0.5) is 5.69 Å². The molecule has 3 rings (SSSR count). The molecule has 1 unspecified atom stereocenters. The monoisotopic (exact) mass is 359 g/mol. The number of rotatable bonds is 5. The highest BCUT2D eigenvalue weighted by molar-refractivity contribution is 5.98. The molecule has 27 heavy (non-hydrogen) atoms. The molecule has 0 fully saturated rings. The predicted molar refractivity (Wildman–Crippen MR) is 108 cm³/mol. The van der Waals surface area contributed by atoms with Crippen molar-refractivity contribution >= 4 is 34.4 Å². The molecular formula is C23H21NO3. The molecule has 0 radical (unpaired) electrons. The Bertz CT molecular complexity index is 1000. The fraction of sp³-hybridized carbons (Fsp3) is 0.130. The molecular weight excluding hydrogens is 338 g/mol. The van der Waals surface area contributed by atoms with E-state index < -0.39 is 12.1 Å². The summed E-state index contributed by atoms with van der Waals surface area (Å²) in [5.41, 5.74) is 2.57. The van der Waals surface area contributed by atoms with Crippen molar-refractivity contribution in [3.05, 3.63) is 83.9 Å². The Morgan fingerprint density at radius 1 is 0.963 bits per heavy atom. The Morgan fingerprint density at radius 2 is 1.67 bits per heavy atom. The molecule has 3 aromatic carbocycles. The van der Waals surface area contributed by atoms with Crippen LogP contribution in [0.5, 0.6) is 0 Å². The van der Waals surface area contributed by atoms with Crippen molar-refractivity contribution < 1.29 is 14.3 Å². The molecule has 4 heteroatoms. The summed E-state index contributed by atoms with van der Waals surface area (Å²) < 4.78 is 5.22. The lowest BCUT2D eigenvalue weighted by Crippen LogP contribution is -2.29. The third-order valence-electron chi connectivity index (χ3n) is 4.29. The fourth-order valence-electron chi connectivity index (χ4n) is 2.77. The van der Waals surface area contributed by atoms with Crippen molar-refractivity contribution in [1.82, 2.24) is 0 Å². The van der Waals surface area contributed by atoms with Gasteiger partial charge in [-0.25, -0.2) is 4.79 Å². The molecule has 0 heterocycles. The first kappa shape index (κ1) is 18.4. The van der Waals surface area contributed by atoms with Crippen molar-refractivity contribution in [3.63, 3.8) is 0 Å². The van der Waals surface area contributed by atoms with Gasteiger partial charge in [-0.15, -0.1) is 0 Å². The van der Waals surface area contributed by atoms with E-state index in [1.807, 2.05) is 73.7 Å². The van der Waals surface area contributed by atoms with Gasteiger partial charge in [0.05, 0.1) is 0 Å². The third-order valence-corrected chi connectivity index (χ3v) is 4.29. The van der Waals surface area contributed by atoms with Crippen LogP contribution in [0.1, 0.15) is 18.1 Å². The van der Waals surface area contributed by atoms with E-state index in [1.165, 1.54) is 6.08 Å². The molecule has 0 saturated carbocycles. The number of benzene rings is 3. The quantitative estimate of drug-likeness (QED) is 0.529. The minimum absolute atomic E-state index is 0.365. The second kappa shape index (κ2) is 8.32. The molecule has 1 N–H and O–H groups in total. The highest BCUT2D eigenvalue weighted by Crippen LogP contribution is 2.19. The van der Waals surface area contributed by atoms with Crippen LogP contribution in [0.25, 0.3) is 16.8 Å². The number of carbonyl (C=O) groups excluding carboxylic acids is 2. The first-order valence-electron chi connectivity index (χ1n) is 8.77. The number of anilines is 1. The van der Waals surface area contributed by atoms with Gasteiger partial charge >= 0.3 is 5.97 Å². The number of ether oxygens (including phenoxy) is 1. The third kappa shape index (κ3) is 4.61. The largest absolute Gasteiger partial charge is 0.449 e. The SMILES string of the molecule is Cc1ccccc1NC(=O)C(C)OC(=O)/C=C/c1cccc2ccccc12. The molecule has 0 bridgehead atoms. The van der Waals surface area contributed by atoms with Crippen molar-refractivity contribution in [1.29, 1.82) is 0 Å². The minimum Gasteiger partial charge on any atom is -0.449 e. The molecule has 0 aromatic heterocycles. The van der Waals surface area contributed by atoms with E-state index in [2.05, 4.69) is 5.32 Å². The maximum absolute atomic E-state index is 12.2. The van der Waals surface area contributed by atoms with Crippen LogP contribution in [0, 0.1) is 6.92 Å². The molecule has 3 aromatic rings. The van der Waals surface area contributed by atoms with E-state index in [0.717, 1.165) is 21.9 Å². The Labute approximate surface area is 158 Å². The summed E-state index contributed by atoms with van der Waals surface area (Å²) in [6.45, 7) is 3.45. The molecule has 1 amide bonds. The van der Waals surface area contributed by atoms with Crippen molar-refractivity contribution in [2.45, 2.75) is 20.0 Å². The standard InChI is InChI=1S/C23H21NO3/c1-16-8-3-6-13-21(16)24-23(26)17(2)27-22(25)15-14-19-11-7-10-18-9-4-5-12-20(18)19/h3-15,17H,1-2H3,(H,24,26)/b15-14+. The van der Waals surface area contributed by atoms with Crippen LogP contribution in [-0.2, 0) is 14.3 Å². The van der Waals surface area contributed by atoms with Crippen LogP contribution in [-0.4, -0.2) is 18.0 Å². The van der Waals surface area contributed by atoms with E-state index in [1.54, 1.807) is 13.0 Å². The molecule has 0 aliphatic heterocycles. The first-order chi connectivity index (χ1) is 13.0. The smallest absolute Gasteiger partial charge is 0.331 e. The van der Waals surface area contributed by atoms with E-state index in [-0.39, 0.29) is 5.91 Å². The second-order valence-corrected chi connectivity index (χ2v) is 6.28. The molecule has 0 spiro atoms. The topological polar surface area (TPSA) is 55.4 Å². The van der Waals surface area contributed by atoms with Gasteiger partial charge in [0.1, 0.15) is 0 Å². The van der Waals surface area contributed by atoms with Crippen LogP contribution < -0.4 is 5.32 Å². The van der Waals surface area contributed by atoms with Crippen LogP contribution in [0.3, 0.4) is 0 Å². The Hall–Kier alpha value is -3.40. The highest BCUT2D eigenvalue weighted by Gasteiger charge is 2.17. The minimum atomic E-state index is -0.894. The van der Waals surface area contributed by atoms with Gasteiger partial charge < -0.3 is 10.1 Å². The summed E-state index contributed by atoms with van der Waals surface area (Å²) in [6.07, 6.45) is 2.16. The fourth-order valence-corrected chi connectivity index (χ4v) is 2.77. The van der Waals surface area contributed by atoms with Crippen LogP contribution >= 0.6 is 0 Å². The lowest BCUT2D eigenvalue weighted by atomic mass is 10.0. The number of hydrogen-bond donors (Lipinski definition) is 1. The van der Waals surface area contributed by atoms with Gasteiger partial charge in [-0.05, 0) is 47.9 Å². The van der Waals surface area contributed by atoms with Gasteiger partial charge in [0.25, 0.3) is 5.91 Å². The summed E-state index contributed by atoms with van der Waals surface area (Å²) in [5, 5.41) is 4.92. The van der Waals surface area contributed by atoms with Gasteiger partial charge in [-0.3, -0.25) is 4.79 Å². The molecule has 4 nitrogen and oxygen atoms in total. The Morgan fingerprint density at radius 3 is 2.48 bits per heavy atom. The van der Waals surface area contributed by atoms with Gasteiger partial charge in [-0.2, -0.15) is 0 Å².